The lowest BCUT2D eigenvalue weighted by atomic mass is 9.91. The third kappa shape index (κ3) is 2.24. The lowest BCUT2D eigenvalue weighted by molar-refractivity contribution is -0.128. The highest BCUT2D eigenvalue weighted by Crippen LogP contribution is 2.31. The van der Waals surface area contributed by atoms with Crippen molar-refractivity contribution in [3.63, 3.8) is 0 Å². The molecule has 1 aliphatic carbocycles. The largest absolute Gasteiger partial charge is 0.497 e. The quantitative estimate of drug-likeness (QED) is 0.848. The molecule has 1 amide bonds. The van der Waals surface area contributed by atoms with Crippen LogP contribution in [0, 0.1) is 0 Å². The zero-order chi connectivity index (χ0) is 14.1. The van der Waals surface area contributed by atoms with E-state index in [4.69, 9.17) is 9.47 Å². The fourth-order valence-corrected chi connectivity index (χ4v) is 2.88. The van der Waals surface area contributed by atoms with E-state index in [-0.39, 0.29) is 17.9 Å². The van der Waals surface area contributed by atoms with E-state index in [2.05, 4.69) is 0 Å². The van der Waals surface area contributed by atoms with Crippen LogP contribution in [0.4, 0.5) is 4.79 Å². The molecule has 5 nitrogen and oxygen atoms in total. The first-order valence-electron chi connectivity index (χ1n) is 6.82. The Labute approximate surface area is 117 Å². The van der Waals surface area contributed by atoms with Crippen LogP contribution in [0.2, 0.25) is 0 Å². The number of fused-ring (bicyclic) bond motifs is 1. The first kappa shape index (κ1) is 13.0. The molecule has 0 spiro atoms. The summed E-state index contributed by atoms with van der Waals surface area (Å²) in [4.78, 5) is 25.4. The van der Waals surface area contributed by atoms with Crippen molar-refractivity contribution in [3.8, 4) is 5.75 Å². The molecule has 106 valence electrons. The van der Waals surface area contributed by atoms with E-state index in [1.54, 1.807) is 12.0 Å². The number of nitrogens with zero attached hydrogens (tertiary/aromatic N) is 1. The summed E-state index contributed by atoms with van der Waals surface area (Å²) in [5, 5.41) is 0. The van der Waals surface area contributed by atoms with Crippen LogP contribution in [0.5, 0.6) is 5.75 Å². The summed E-state index contributed by atoms with van der Waals surface area (Å²) < 4.78 is 10.3. The van der Waals surface area contributed by atoms with E-state index < -0.39 is 6.10 Å². The van der Waals surface area contributed by atoms with Gasteiger partial charge in [-0.3, -0.25) is 9.69 Å². The van der Waals surface area contributed by atoms with Crippen molar-refractivity contribution in [3.05, 3.63) is 29.8 Å². The Morgan fingerprint density at radius 1 is 1.30 bits per heavy atom. The molecule has 1 aromatic carbocycles. The highest BCUT2D eigenvalue weighted by Gasteiger charge is 2.46. The summed E-state index contributed by atoms with van der Waals surface area (Å²) in [6.45, 7) is 0.470. The number of methoxy groups -OCH3 is 1. The van der Waals surface area contributed by atoms with Crippen LogP contribution in [0.15, 0.2) is 24.3 Å². The van der Waals surface area contributed by atoms with Gasteiger partial charge in [0.1, 0.15) is 5.75 Å². The van der Waals surface area contributed by atoms with Crippen LogP contribution in [-0.2, 0) is 16.1 Å². The fourth-order valence-electron chi connectivity index (χ4n) is 2.88. The number of hydrogen-bond acceptors (Lipinski definition) is 4. The Kier molecular flexibility index (Phi) is 3.34. The van der Waals surface area contributed by atoms with Gasteiger partial charge in [0, 0.05) is 13.0 Å². The van der Waals surface area contributed by atoms with Crippen LogP contribution in [0.1, 0.15) is 24.8 Å². The first-order chi connectivity index (χ1) is 9.69. The molecule has 2 aliphatic rings. The average Bonchev–Trinajstić information content (AvgIpc) is 2.78. The summed E-state index contributed by atoms with van der Waals surface area (Å²) >= 11 is 0. The van der Waals surface area contributed by atoms with Crippen molar-refractivity contribution >= 4 is 11.9 Å². The molecule has 2 unspecified atom stereocenters. The van der Waals surface area contributed by atoms with Gasteiger partial charge in [-0.05, 0) is 30.5 Å². The van der Waals surface area contributed by atoms with Crippen LogP contribution in [0.3, 0.4) is 0 Å². The summed E-state index contributed by atoms with van der Waals surface area (Å²) in [5.74, 6) is 0.829. The van der Waals surface area contributed by atoms with E-state index in [1.165, 1.54) is 0 Å². The Bertz CT molecular complexity index is 525. The number of amides is 1. The van der Waals surface area contributed by atoms with E-state index in [0.29, 0.717) is 13.0 Å². The number of ketones is 1. The maximum absolute atomic E-state index is 11.9. The second-order valence-corrected chi connectivity index (χ2v) is 5.21. The molecule has 20 heavy (non-hydrogen) atoms. The zero-order valence-electron chi connectivity index (χ0n) is 11.4. The predicted octanol–water partition coefficient (Wildman–Crippen LogP) is 2.14. The molecule has 0 radical (unpaired) electrons. The number of hydrogen-bond donors (Lipinski definition) is 0. The molecule has 1 saturated carbocycles. The number of carbonyl (C=O) groups excluding carboxylic acids is 2. The smallest absolute Gasteiger partial charge is 0.411 e. The number of carbonyl (C=O) groups is 2. The topological polar surface area (TPSA) is 55.8 Å². The molecule has 2 atom stereocenters. The molecule has 1 aliphatic heterocycles. The van der Waals surface area contributed by atoms with Crippen molar-refractivity contribution in [2.24, 2.45) is 0 Å². The normalized spacial score (nSPS) is 25.4. The molecule has 1 saturated heterocycles. The minimum absolute atomic E-state index is 0.0480. The minimum Gasteiger partial charge on any atom is -0.497 e. The second kappa shape index (κ2) is 5.15. The SMILES string of the molecule is COc1ccc(CN2C(=O)OC3C(=O)CCCC32)cc1. The standard InChI is InChI=1S/C15H17NO4/c1-19-11-7-5-10(6-8-11)9-16-12-3-2-4-13(17)14(12)20-15(16)18/h5-8,12,14H,2-4,9H2,1H3. The van der Waals surface area contributed by atoms with Gasteiger partial charge in [0.2, 0.25) is 0 Å². The first-order valence-corrected chi connectivity index (χ1v) is 6.82. The van der Waals surface area contributed by atoms with Crippen molar-refractivity contribution in [1.29, 1.82) is 0 Å². The van der Waals surface area contributed by atoms with Gasteiger partial charge >= 0.3 is 6.09 Å². The fraction of sp³-hybridized carbons (Fsp3) is 0.467. The van der Waals surface area contributed by atoms with Crippen molar-refractivity contribution in [1.82, 2.24) is 4.90 Å². The maximum atomic E-state index is 11.9. The monoisotopic (exact) mass is 275 g/mol. The molecule has 2 fully saturated rings. The molecule has 0 aromatic heterocycles. The van der Waals surface area contributed by atoms with Gasteiger partial charge in [0.25, 0.3) is 0 Å². The van der Waals surface area contributed by atoms with Crippen molar-refractivity contribution in [2.75, 3.05) is 7.11 Å². The van der Waals surface area contributed by atoms with Crippen LogP contribution < -0.4 is 4.74 Å². The van der Waals surface area contributed by atoms with Crippen LogP contribution in [-0.4, -0.2) is 36.0 Å². The Morgan fingerprint density at radius 2 is 2.05 bits per heavy atom. The van der Waals surface area contributed by atoms with Crippen molar-refractivity contribution in [2.45, 2.75) is 38.0 Å². The molecular formula is C15H17NO4. The van der Waals surface area contributed by atoms with Gasteiger partial charge in [-0.25, -0.2) is 4.79 Å². The lowest BCUT2D eigenvalue weighted by Crippen LogP contribution is -2.42. The van der Waals surface area contributed by atoms with E-state index >= 15 is 0 Å². The second-order valence-electron chi connectivity index (χ2n) is 5.21. The van der Waals surface area contributed by atoms with Gasteiger partial charge < -0.3 is 9.47 Å². The number of benzene rings is 1. The molecule has 3 rings (SSSR count). The van der Waals surface area contributed by atoms with E-state index in [0.717, 1.165) is 24.2 Å². The molecule has 1 heterocycles. The van der Waals surface area contributed by atoms with Gasteiger partial charge in [-0.1, -0.05) is 12.1 Å². The molecular weight excluding hydrogens is 258 g/mol. The average molecular weight is 275 g/mol. The molecule has 0 bridgehead atoms. The van der Waals surface area contributed by atoms with Crippen LogP contribution in [0.25, 0.3) is 0 Å². The summed E-state index contributed by atoms with van der Waals surface area (Å²) in [7, 11) is 1.62. The van der Waals surface area contributed by atoms with Crippen LogP contribution >= 0.6 is 0 Å². The molecule has 5 heteroatoms. The van der Waals surface area contributed by atoms with Gasteiger partial charge in [0.15, 0.2) is 11.9 Å². The number of ether oxygens (including phenoxy) is 2. The third-order valence-electron chi connectivity index (χ3n) is 3.96. The Morgan fingerprint density at radius 3 is 2.75 bits per heavy atom. The van der Waals surface area contributed by atoms with E-state index in [1.807, 2.05) is 24.3 Å². The highest BCUT2D eigenvalue weighted by molar-refractivity contribution is 5.89. The van der Waals surface area contributed by atoms with E-state index in [9.17, 15) is 9.59 Å². The summed E-state index contributed by atoms with van der Waals surface area (Å²) in [5.41, 5.74) is 1.00. The van der Waals surface area contributed by atoms with Gasteiger partial charge in [-0.15, -0.1) is 0 Å². The third-order valence-corrected chi connectivity index (χ3v) is 3.96. The highest BCUT2D eigenvalue weighted by atomic mass is 16.6. The minimum atomic E-state index is -0.561. The number of rotatable bonds is 3. The van der Waals surface area contributed by atoms with Crippen molar-refractivity contribution < 1.29 is 19.1 Å². The predicted molar refractivity (Wildman–Crippen MR) is 71.5 cm³/mol. The van der Waals surface area contributed by atoms with Gasteiger partial charge in [-0.2, -0.15) is 0 Å². The Hall–Kier alpha value is -2.04. The molecule has 0 N–H and O–H groups in total. The Balaban J connectivity index is 1.75. The number of Topliss-reactive ketones (excluding diaryl/α,β-unsaturated/α-hetero) is 1. The summed E-state index contributed by atoms with van der Waals surface area (Å²) in [6.07, 6.45) is 1.24. The zero-order valence-corrected chi connectivity index (χ0v) is 11.4. The summed E-state index contributed by atoms with van der Waals surface area (Å²) in [6, 6.07) is 7.46. The maximum Gasteiger partial charge on any atom is 0.411 e. The van der Waals surface area contributed by atoms with Gasteiger partial charge in [0.05, 0.1) is 13.2 Å². The lowest BCUT2D eigenvalue weighted by Gasteiger charge is -2.27. The molecule has 1 aromatic rings.